The van der Waals surface area contributed by atoms with Crippen LogP contribution in [-0.2, 0) is 14.6 Å². The van der Waals surface area contributed by atoms with Gasteiger partial charge in [-0.25, -0.2) is 8.42 Å². The van der Waals surface area contributed by atoms with Crippen LogP contribution in [0, 0.1) is 0 Å². The van der Waals surface area contributed by atoms with E-state index in [0.29, 0.717) is 18.0 Å². The Morgan fingerprint density at radius 2 is 1.78 bits per heavy atom. The summed E-state index contributed by atoms with van der Waals surface area (Å²) in [6.07, 6.45) is 1.20. The van der Waals surface area contributed by atoms with Crippen LogP contribution in [0.2, 0.25) is 0 Å². The summed E-state index contributed by atoms with van der Waals surface area (Å²) in [5, 5.41) is 3.23. The highest BCUT2D eigenvalue weighted by atomic mass is 32.2. The van der Waals surface area contributed by atoms with E-state index in [1.807, 2.05) is 20.8 Å². The lowest BCUT2D eigenvalue weighted by Crippen LogP contribution is -2.33. The first-order valence-corrected chi connectivity index (χ1v) is 7.82. The van der Waals surface area contributed by atoms with Crippen molar-refractivity contribution in [1.29, 1.82) is 0 Å². The summed E-state index contributed by atoms with van der Waals surface area (Å²) in [5.41, 5.74) is 0.639. The van der Waals surface area contributed by atoms with E-state index in [2.05, 4.69) is 5.32 Å². The van der Waals surface area contributed by atoms with E-state index in [0.717, 1.165) is 5.69 Å². The van der Waals surface area contributed by atoms with Crippen LogP contribution in [0.15, 0.2) is 29.2 Å². The minimum absolute atomic E-state index is 0.246. The second-order valence-electron chi connectivity index (χ2n) is 4.84. The fourth-order valence-corrected chi connectivity index (χ4v) is 2.21. The van der Waals surface area contributed by atoms with Crippen LogP contribution in [-0.4, -0.2) is 33.4 Å². The zero-order valence-corrected chi connectivity index (χ0v) is 12.2. The predicted molar refractivity (Wildman–Crippen MR) is 73.7 cm³/mol. The van der Waals surface area contributed by atoms with Gasteiger partial charge in [0.2, 0.25) is 0 Å². The molecule has 1 N–H and O–H groups in total. The molecule has 0 bridgehead atoms. The van der Waals surface area contributed by atoms with Crippen LogP contribution in [0.4, 0.5) is 5.69 Å². The first-order chi connectivity index (χ1) is 8.24. The van der Waals surface area contributed by atoms with Gasteiger partial charge in [0, 0.05) is 25.1 Å². The summed E-state index contributed by atoms with van der Waals surface area (Å²) in [6.45, 7) is 7.31. The summed E-state index contributed by atoms with van der Waals surface area (Å²) in [5.74, 6) is 0. The number of hydrogen-bond donors (Lipinski definition) is 1. The van der Waals surface area contributed by atoms with Crippen molar-refractivity contribution in [3.63, 3.8) is 0 Å². The van der Waals surface area contributed by atoms with Crippen LogP contribution >= 0.6 is 0 Å². The highest BCUT2D eigenvalue weighted by molar-refractivity contribution is 7.90. The average Bonchev–Trinajstić information content (AvgIpc) is 2.26. The van der Waals surface area contributed by atoms with Crippen molar-refractivity contribution in [3.8, 4) is 0 Å². The van der Waals surface area contributed by atoms with Gasteiger partial charge in [0.15, 0.2) is 9.84 Å². The minimum atomic E-state index is -3.12. The third kappa shape index (κ3) is 4.66. The lowest BCUT2D eigenvalue weighted by atomic mass is 10.1. The summed E-state index contributed by atoms with van der Waals surface area (Å²) in [6, 6.07) is 6.73. The fraction of sp³-hybridized carbons (Fsp3) is 0.538. The molecule has 0 saturated heterocycles. The van der Waals surface area contributed by atoms with E-state index in [9.17, 15) is 8.42 Å². The Hall–Kier alpha value is -1.07. The Balaban J connectivity index is 2.65. The largest absolute Gasteiger partial charge is 0.382 e. The van der Waals surface area contributed by atoms with Gasteiger partial charge in [-0.3, -0.25) is 0 Å². The summed E-state index contributed by atoms with van der Waals surface area (Å²) in [4.78, 5) is 0.331. The third-order valence-electron chi connectivity index (χ3n) is 2.54. The van der Waals surface area contributed by atoms with E-state index in [4.69, 9.17) is 4.74 Å². The number of anilines is 1. The molecule has 18 heavy (non-hydrogen) atoms. The molecule has 0 aliphatic rings. The number of benzene rings is 1. The lowest BCUT2D eigenvalue weighted by molar-refractivity contribution is 0.000697. The van der Waals surface area contributed by atoms with Gasteiger partial charge < -0.3 is 10.1 Å². The zero-order chi connectivity index (χ0) is 13.8. The zero-order valence-electron chi connectivity index (χ0n) is 11.4. The van der Waals surface area contributed by atoms with Crippen molar-refractivity contribution in [2.45, 2.75) is 31.3 Å². The monoisotopic (exact) mass is 271 g/mol. The van der Waals surface area contributed by atoms with Gasteiger partial charge in [0.25, 0.3) is 0 Å². The van der Waals surface area contributed by atoms with Crippen LogP contribution in [0.25, 0.3) is 0 Å². The van der Waals surface area contributed by atoms with Gasteiger partial charge in [0.05, 0.1) is 10.5 Å². The molecule has 1 rings (SSSR count). The quantitative estimate of drug-likeness (QED) is 0.862. The van der Waals surface area contributed by atoms with Gasteiger partial charge in [-0.2, -0.15) is 0 Å². The molecule has 0 atom stereocenters. The Morgan fingerprint density at radius 1 is 1.22 bits per heavy atom. The second-order valence-corrected chi connectivity index (χ2v) is 6.86. The standard InChI is InChI=1S/C13H21NO3S/c1-5-17-13(2,3)10-14-11-6-8-12(9-7-11)18(4,15)16/h6-9,14H,5,10H2,1-4H3. The summed E-state index contributed by atoms with van der Waals surface area (Å²) >= 11 is 0. The van der Waals surface area contributed by atoms with Crippen molar-refractivity contribution >= 4 is 15.5 Å². The third-order valence-corrected chi connectivity index (χ3v) is 3.66. The molecule has 5 heteroatoms. The fourth-order valence-electron chi connectivity index (χ4n) is 1.58. The van der Waals surface area contributed by atoms with E-state index in [-0.39, 0.29) is 5.60 Å². The molecule has 1 aromatic carbocycles. The molecule has 0 heterocycles. The molecule has 0 aliphatic heterocycles. The maximum absolute atomic E-state index is 11.3. The van der Waals surface area contributed by atoms with Crippen molar-refractivity contribution in [3.05, 3.63) is 24.3 Å². The minimum Gasteiger partial charge on any atom is -0.382 e. The molecule has 0 saturated carbocycles. The van der Waals surface area contributed by atoms with Crippen LogP contribution in [0.3, 0.4) is 0 Å². The number of rotatable bonds is 6. The van der Waals surface area contributed by atoms with Crippen molar-refractivity contribution in [2.24, 2.45) is 0 Å². The normalized spacial score (nSPS) is 12.4. The molecule has 0 amide bonds. The molecular weight excluding hydrogens is 250 g/mol. The molecule has 4 nitrogen and oxygen atoms in total. The predicted octanol–water partition coefficient (Wildman–Crippen LogP) is 2.32. The van der Waals surface area contributed by atoms with Crippen molar-refractivity contribution < 1.29 is 13.2 Å². The van der Waals surface area contributed by atoms with E-state index in [1.165, 1.54) is 6.26 Å². The first kappa shape index (κ1) is 15.0. The topological polar surface area (TPSA) is 55.4 Å². The molecule has 0 unspecified atom stereocenters. The van der Waals surface area contributed by atoms with Crippen molar-refractivity contribution in [1.82, 2.24) is 0 Å². The molecule has 0 spiro atoms. The summed E-state index contributed by atoms with van der Waals surface area (Å²) < 4.78 is 28.2. The smallest absolute Gasteiger partial charge is 0.175 e. The van der Waals surface area contributed by atoms with Crippen LogP contribution < -0.4 is 5.32 Å². The molecule has 0 radical (unpaired) electrons. The van der Waals surface area contributed by atoms with E-state index in [1.54, 1.807) is 24.3 Å². The number of nitrogens with one attached hydrogen (secondary N) is 1. The Kier molecular flexibility index (Phi) is 4.76. The summed E-state index contributed by atoms with van der Waals surface area (Å²) in [7, 11) is -3.12. The van der Waals surface area contributed by atoms with Gasteiger partial charge in [-0.05, 0) is 45.0 Å². The SMILES string of the molecule is CCOC(C)(C)CNc1ccc(S(C)(=O)=O)cc1. The van der Waals surface area contributed by atoms with Crippen LogP contribution in [0.1, 0.15) is 20.8 Å². The Labute approximate surface area is 109 Å². The number of ether oxygens (including phenoxy) is 1. The maximum Gasteiger partial charge on any atom is 0.175 e. The van der Waals surface area contributed by atoms with Crippen molar-refractivity contribution in [2.75, 3.05) is 24.7 Å². The number of sulfone groups is 1. The maximum atomic E-state index is 11.3. The van der Waals surface area contributed by atoms with Crippen LogP contribution in [0.5, 0.6) is 0 Å². The highest BCUT2D eigenvalue weighted by Gasteiger charge is 2.17. The highest BCUT2D eigenvalue weighted by Crippen LogP contribution is 2.16. The molecule has 0 aromatic heterocycles. The van der Waals surface area contributed by atoms with Gasteiger partial charge in [0.1, 0.15) is 0 Å². The molecule has 0 aliphatic carbocycles. The number of hydrogen-bond acceptors (Lipinski definition) is 4. The van der Waals surface area contributed by atoms with Gasteiger partial charge >= 0.3 is 0 Å². The Bertz CT molecular complexity index is 477. The van der Waals surface area contributed by atoms with E-state index >= 15 is 0 Å². The second kappa shape index (κ2) is 5.71. The molecule has 0 fully saturated rings. The van der Waals surface area contributed by atoms with Gasteiger partial charge in [-0.1, -0.05) is 0 Å². The average molecular weight is 271 g/mol. The van der Waals surface area contributed by atoms with E-state index < -0.39 is 9.84 Å². The molecular formula is C13H21NO3S. The molecule has 102 valence electrons. The first-order valence-electron chi connectivity index (χ1n) is 5.92. The van der Waals surface area contributed by atoms with Gasteiger partial charge in [-0.15, -0.1) is 0 Å². The molecule has 1 aromatic rings. The Morgan fingerprint density at radius 3 is 2.22 bits per heavy atom. The lowest BCUT2D eigenvalue weighted by Gasteiger charge is -2.25.